The van der Waals surface area contributed by atoms with Gasteiger partial charge in [-0.25, -0.2) is 0 Å². The highest BCUT2D eigenvalue weighted by atomic mass is 16.3. The van der Waals surface area contributed by atoms with Crippen LogP contribution in [0, 0.1) is 0 Å². The molecule has 0 spiro atoms. The maximum absolute atomic E-state index is 9.00. The van der Waals surface area contributed by atoms with Gasteiger partial charge in [-0.2, -0.15) is 0 Å². The molecule has 118 valence electrons. The van der Waals surface area contributed by atoms with Crippen LogP contribution in [0.15, 0.2) is 22.8 Å². The van der Waals surface area contributed by atoms with Crippen molar-refractivity contribution in [3.63, 3.8) is 0 Å². The molecule has 2 fully saturated rings. The minimum atomic E-state index is 0.283. The Balaban J connectivity index is 1.40. The lowest BCUT2D eigenvalue weighted by molar-refractivity contribution is 0.0503. The van der Waals surface area contributed by atoms with Crippen LogP contribution in [-0.4, -0.2) is 78.3 Å². The summed E-state index contributed by atoms with van der Waals surface area (Å²) in [5.41, 5.74) is 0. The summed E-state index contributed by atoms with van der Waals surface area (Å²) in [4.78, 5) is 7.51. The van der Waals surface area contributed by atoms with Crippen LogP contribution in [0.2, 0.25) is 0 Å². The normalized spacial score (nSPS) is 23.7. The molecule has 0 radical (unpaired) electrons. The summed E-state index contributed by atoms with van der Waals surface area (Å²) in [6, 6.07) is 4.77. The van der Waals surface area contributed by atoms with E-state index in [0.29, 0.717) is 0 Å². The molecule has 1 aromatic rings. The maximum Gasteiger partial charge on any atom is 0.117 e. The Morgan fingerprint density at radius 1 is 1.05 bits per heavy atom. The van der Waals surface area contributed by atoms with E-state index in [1.165, 1.54) is 25.9 Å². The van der Waals surface area contributed by atoms with Gasteiger partial charge in [-0.15, -0.1) is 0 Å². The Morgan fingerprint density at radius 3 is 2.43 bits per heavy atom. The molecule has 0 unspecified atom stereocenters. The highest BCUT2D eigenvalue weighted by Gasteiger charge is 2.27. The standard InChI is InChI=1S/C16H27N3O2/c20-12-11-17-7-9-19(10-8-17)15-3-5-18(6-4-15)14-16-2-1-13-21-16/h1-2,13,15,20H,3-12,14H2. The van der Waals surface area contributed by atoms with Gasteiger partial charge in [-0.05, 0) is 25.0 Å². The van der Waals surface area contributed by atoms with E-state index in [9.17, 15) is 0 Å². The van der Waals surface area contributed by atoms with Gasteiger partial charge < -0.3 is 9.52 Å². The van der Waals surface area contributed by atoms with E-state index in [0.717, 1.165) is 51.1 Å². The van der Waals surface area contributed by atoms with E-state index in [2.05, 4.69) is 20.8 Å². The zero-order valence-electron chi connectivity index (χ0n) is 12.8. The lowest BCUT2D eigenvalue weighted by Gasteiger charge is -2.42. The van der Waals surface area contributed by atoms with E-state index in [-0.39, 0.29) is 6.61 Å². The van der Waals surface area contributed by atoms with Crippen LogP contribution in [0.5, 0.6) is 0 Å². The topological polar surface area (TPSA) is 43.1 Å². The lowest BCUT2D eigenvalue weighted by Crippen LogP contribution is -2.53. The zero-order valence-corrected chi connectivity index (χ0v) is 12.8. The van der Waals surface area contributed by atoms with Crippen LogP contribution < -0.4 is 0 Å². The van der Waals surface area contributed by atoms with Crippen LogP contribution in [0.4, 0.5) is 0 Å². The Bertz CT molecular complexity index is 394. The average Bonchev–Trinajstić information content (AvgIpc) is 3.02. The van der Waals surface area contributed by atoms with Gasteiger partial charge in [-0.3, -0.25) is 14.7 Å². The first-order valence-corrected chi connectivity index (χ1v) is 8.17. The number of hydrogen-bond donors (Lipinski definition) is 1. The van der Waals surface area contributed by atoms with Gasteiger partial charge in [-0.1, -0.05) is 0 Å². The Kier molecular flexibility index (Phi) is 5.30. The van der Waals surface area contributed by atoms with Crippen LogP contribution in [-0.2, 0) is 6.54 Å². The number of β-amino-alcohol motifs (C(OH)–C–C–N with tert-alkyl or cyclic N) is 1. The number of aliphatic hydroxyl groups excluding tert-OH is 1. The molecule has 0 aromatic carbocycles. The molecule has 1 aromatic heterocycles. The van der Waals surface area contributed by atoms with Crippen LogP contribution in [0.3, 0.4) is 0 Å². The van der Waals surface area contributed by atoms with Crippen molar-refractivity contribution in [1.29, 1.82) is 0 Å². The summed E-state index contributed by atoms with van der Waals surface area (Å²) in [5, 5.41) is 9.00. The molecule has 2 aliphatic heterocycles. The molecule has 5 heteroatoms. The molecule has 21 heavy (non-hydrogen) atoms. The van der Waals surface area contributed by atoms with E-state index < -0.39 is 0 Å². The third kappa shape index (κ3) is 4.07. The highest BCUT2D eigenvalue weighted by Crippen LogP contribution is 2.19. The van der Waals surface area contributed by atoms with Gasteiger partial charge in [0.15, 0.2) is 0 Å². The highest BCUT2D eigenvalue weighted by molar-refractivity contribution is 4.98. The van der Waals surface area contributed by atoms with Crippen molar-refractivity contribution < 1.29 is 9.52 Å². The number of hydrogen-bond acceptors (Lipinski definition) is 5. The summed E-state index contributed by atoms with van der Waals surface area (Å²) in [5.74, 6) is 1.08. The molecule has 5 nitrogen and oxygen atoms in total. The minimum absolute atomic E-state index is 0.283. The zero-order chi connectivity index (χ0) is 14.5. The fourth-order valence-electron chi connectivity index (χ4n) is 3.56. The minimum Gasteiger partial charge on any atom is -0.468 e. The second-order valence-corrected chi connectivity index (χ2v) is 6.19. The van der Waals surface area contributed by atoms with Crippen molar-refractivity contribution >= 4 is 0 Å². The van der Waals surface area contributed by atoms with Crippen molar-refractivity contribution in [2.24, 2.45) is 0 Å². The maximum atomic E-state index is 9.00. The Hall–Kier alpha value is -0.880. The third-order valence-electron chi connectivity index (χ3n) is 4.86. The van der Waals surface area contributed by atoms with Gasteiger partial charge in [0.1, 0.15) is 5.76 Å². The van der Waals surface area contributed by atoms with Crippen molar-refractivity contribution in [2.45, 2.75) is 25.4 Å². The van der Waals surface area contributed by atoms with Gasteiger partial charge in [0.25, 0.3) is 0 Å². The quantitative estimate of drug-likeness (QED) is 0.872. The molecule has 0 saturated carbocycles. The largest absolute Gasteiger partial charge is 0.468 e. The molecule has 2 saturated heterocycles. The number of furan rings is 1. The average molecular weight is 293 g/mol. The van der Waals surface area contributed by atoms with Gasteiger partial charge >= 0.3 is 0 Å². The number of piperidine rings is 1. The van der Waals surface area contributed by atoms with Crippen molar-refractivity contribution in [3.05, 3.63) is 24.2 Å². The molecule has 0 bridgehead atoms. The number of aliphatic hydroxyl groups is 1. The monoisotopic (exact) mass is 293 g/mol. The molecular weight excluding hydrogens is 266 g/mol. The molecular formula is C16H27N3O2. The Morgan fingerprint density at radius 2 is 1.81 bits per heavy atom. The molecule has 1 N–H and O–H groups in total. The second kappa shape index (κ2) is 7.40. The first-order chi connectivity index (χ1) is 10.3. The molecule has 3 heterocycles. The summed E-state index contributed by atoms with van der Waals surface area (Å²) < 4.78 is 5.44. The molecule has 2 aliphatic rings. The second-order valence-electron chi connectivity index (χ2n) is 6.19. The lowest BCUT2D eigenvalue weighted by atomic mass is 10.0. The summed E-state index contributed by atoms with van der Waals surface area (Å²) in [6.45, 7) is 8.92. The van der Waals surface area contributed by atoms with Crippen LogP contribution >= 0.6 is 0 Å². The van der Waals surface area contributed by atoms with E-state index in [1.54, 1.807) is 6.26 Å². The van der Waals surface area contributed by atoms with Gasteiger partial charge in [0.2, 0.25) is 0 Å². The predicted octanol–water partition coefficient (Wildman–Crippen LogP) is 0.854. The van der Waals surface area contributed by atoms with Crippen molar-refractivity contribution in [1.82, 2.24) is 14.7 Å². The first-order valence-electron chi connectivity index (χ1n) is 8.17. The molecule has 3 rings (SSSR count). The first kappa shape index (κ1) is 15.0. The van der Waals surface area contributed by atoms with Gasteiger partial charge in [0.05, 0.1) is 19.4 Å². The SMILES string of the molecule is OCCN1CCN(C2CCN(Cc3ccco3)CC2)CC1. The van der Waals surface area contributed by atoms with Crippen molar-refractivity contribution in [2.75, 3.05) is 52.4 Å². The van der Waals surface area contributed by atoms with Crippen molar-refractivity contribution in [3.8, 4) is 0 Å². The van der Waals surface area contributed by atoms with E-state index >= 15 is 0 Å². The summed E-state index contributed by atoms with van der Waals surface area (Å²) in [7, 11) is 0. The smallest absolute Gasteiger partial charge is 0.117 e. The fourth-order valence-corrected chi connectivity index (χ4v) is 3.56. The molecule has 0 amide bonds. The van der Waals surface area contributed by atoms with Crippen LogP contribution in [0.1, 0.15) is 18.6 Å². The summed E-state index contributed by atoms with van der Waals surface area (Å²) >= 11 is 0. The number of likely N-dealkylation sites (tertiary alicyclic amines) is 1. The van der Waals surface area contributed by atoms with E-state index in [1.807, 2.05) is 6.07 Å². The molecule has 0 atom stereocenters. The Labute approximate surface area is 127 Å². The summed E-state index contributed by atoms with van der Waals surface area (Å²) in [6.07, 6.45) is 4.29. The number of piperazine rings is 1. The number of rotatable bonds is 5. The third-order valence-corrected chi connectivity index (χ3v) is 4.86. The fraction of sp³-hybridized carbons (Fsp3) is 0.750. The van der Waals surface area contributed by atoms with Gasteiger partial charge in [0, 0.05) is 51.9 Å². The predicted molar refractivity (Wildman–Crippen MR) is 82.1 cm³/mol. The number of nitrogens with zero attached hydrogens (tertiary/aromatic N) is 3. The van der Waals surface area contributed by atoms with E-state index in [4.69, 9.17) is 9.52 Å². The van der Waals surface area contributed by atoms with Crippen LogP contribution in [0.25, 0.3) is 0 Å². The molecule has 0 aliphatic carbocycles.